The van der Waals surface area contributed by atoms with Crippen molar-refractivity contribution in [3.05, 3.63) is 52.8 Å². The van der Waals surface area contributed by atoms with Gasteiger partial charge in [0.15, 0.2) is 0 Å². The first-order valence-electron chi connectivity index (χ1n) is 5.58. The minimum atomic E-state index is -3.77. The largest absolute Gasteiger partial charge is 0.278 e. The number of rotatable bonds is 3. The molecule has 1 heterocycles. The Morgan fingerprint density at radius 2 is 2.10 bits per heavy atom. The number of hydrogen-bond acceptors (Lipinski definition) is 4. The van der Waals surface area contributed by atoms with E-state index in [0.29, 0.717) is 11.4 Å². The van der Waals surface area contributed by atoms with Crippen molar-refractivity contribution in [1.29, 1.82) is 5.26 Å². The van der Waals surface area contributed by atoms with Crippen LogP contribution in [0.15, 0.2) is 41.4 Å². The molecule has 0 aliphatic heterocycles. The first kappa shape index (κ1) is 14.3. The number of benzene rings is 1. The smallest absolute Gasteiger partial charge is 0.262 e. The summed E-state index contributed by atoms with van der Waals surface area (Å²) in [4.78, 5) is 4.00. The van der Waals surface area contributed by atoms with Gasteiger partial charge in [-0.05, 0) is 37.3 Å². The third-order valence-electron chi connectivity index (χ3n) is 2.62. The molecule has 5 nitrogen and oxygen atoms in total. The fourth-order valence-corrected chi connectivity index (χ4v) is 2.98. The molecule has 0 spiro atoms. The van der Waals surface area contributed by atoms with Crippen LogP contribution in [0.1, 0.15) is 11.3 Å². The van der Waals surface area contributed by atoms with Gasteiger partial charge in [0.1, 0.15) is 6.07 Å². The summed E-state index contributed by atoms with van der Waals surface area (Å²) in [6, 6.07) is 9.07. The maximum atomic E-state index is 12.2. The van der Waals surface area contributed by atoms with Crippen LogP contribution in [0, 0.1) is 18.3 Å². The van der Waals surface area contributed by atoms with E-state index >= 15 is 0 Å². The molecule has 0 aliphatic rings. The molecule has 2 rings (SSSR count). The Labute approximate surface area is 121 Å². The van der Waals surface area contributed by atoms with E-state index in [1.54, 1.807) is 25.3 Å². The van der Waals surface area contributed by atoms with Gasteiger partial charge in [-0.1, -0.05) is 11.6 Å². The molecule has 0 saturated heterocycles. The van der Waals surface area contributed by atoms with E-state index in [-0.39, 0.29) is 15.5 Å². The second-order valence-electron chi connectivity index (χ2n) is 4.00. The van der Waals surface area contributed by atoms with Gasteiger partial charge in [-0.3, -0.25) is 9.71 Å². The molecule has 0 bridgehead atoms. The van der Waals surface area contributed by atoms with Gasteiger partial charge in [-0.2, -0.15) is 5.26 Å². The second-order valence-corrected chi connectivity index (χ2v) is 6.08. The van der Waals surface area contributed by atoms with E-state index in [2.05, 4.69) is 9.71 Å². The third kappa shape index (κ3) is 2.90. The highest BCUT2D eigenvalue weighted by Crippen LogP contribution is 2.23. The molecule has 0 unspecified atom stereocenters. The summed E-state index contributed by atoms with van der Waals surface area (Å²) >= 11 is 5.84. The van der Waals surface area contributed by atoms with Crippen molar-refractivity contribution in [2.24, 2.45) is 0 Å². The van der Waals surface area contributed by atoms with E-state index in [0.717, 1.165) is 0 Å². The first-order valence-corrected chi connectivity index (χ1v) is 7.44. The Hall–Kier alpha value is -2.10. The van der Waals surface area contributed by atoms with Crippen LogP contribution >= 0.6 is 11.6 Å². The van der Waals surface area contributed by atoms with Crippen molar-refractivity contribution < 1.29 is 8.42 Å². The molecule has 1 aromatic carbocycles. The van der Waals surface area contributed by atoms with E-state index < -0.39 is 10.0 Å². The van der Waals surface area contributed by atoms with Crippen LogP contribution in [0.2, 0.25) is 5.02 Å². The lowest BCUT2D eigenvalue weighted by Crippen LogP contribution is -2.14. The maximum Gasteiger partial charge on any atom is 0.262 e. The Kier molecular flexibility index (Phi) is 3.93. The molecule has 0 saturated carbocycles. The highest BCUT2D eigenvalue weighted by atomic mass is 35.5. The zero-order chi connectivity index (χ0) is 14.8. The van der Waals surface area contributed by atoms with E-state index in [1.807, 2.05) is 6.07 Å². The zero-order valence-electron chi connectivity index (χ0n) is 10.5. The molecule has 7 heteroatoms. The summed E-state index contributed by atoms with van der Waals surface area (Å²) < 4.78 is 26.9. The van der Waals surface area contributed by atoms with Gasteiger partial charge in [0.2, 0.25) is 0 Å². The lowest BCUT2D eigenvalue weighted by atomic mass is 10.2. The van der Waals surface area contributed by atoms with Crippen molar-refractivity contribution in [2.75, 3.05) is 4.72 Å². The lowest BCUT2D eigenvalue weighted by Gasteiger charge is -2.10. The third-order valence-corrected chi connectivity index (χ3v) is 4.30. The van der Waals surface area contributed by atoms with Crippen molar-refractivity contribution in [3.8, 4) is 6.07 Å². The van der Waals surface area contributed by atoms with E-state index in [4.69, 9.17) is 16.9 Å². The molecule has 1 N–H and O–H groups in total. The number of nitriles is 1. The van der Waals surface area contributed by atoms with Gasteiger partial charge in [0.25, 0.3) is 10.0 Å². The number of nitrogens with zero attached hydrogens (tertiary/aromatic N) is 2. The van der Waals surface area contributed by atoms with Gasteiger partial charge >= 0.3 is 0 Å². The van der Waals surface area contributed by atoms with Crippen LogP contribution < -0.4 is 4.72 Å². The molecule has 102 valence electrons. The molecule has 1 aromatic heterocycles. The zero-order valence-corrected chi connectivity index (χ0v) is 12.0. The summed E-state index contributed by atoms with van der Waals surface area (Å²) in [6.07, 6.45) is 1.58. The minimum absolute atomic E-state index is 0.00949. The summed E-state index contributed by atoms with van der Waals surface area (Å²) in [6.45, 7) is 1.70. The summed E-state index contributed by atoms with van der Waals surface area (Å²) in [5.74, 6) is 0. The number of nitrogens with one attached hydrogen (secondary N) is 1. The van der Waals surface area contributed by atoms with Gasteiger partial charge < -0.3 is 0 Å². The fraction of sp³-hybridized carbons (Fsp3) is 0.0769. The average molecular weight is 308 g/mol. The average Bonchev–Trinajstić information content (AvgIpc) is 2.41. The topological polar surface area (TPSA) is 82.8 Å². The standard InChI is InChI=1S/C13H10ClN3O2S/c1-9-13(3-2-6-16-9)17-20(18,19)11-5-4-10(8-15)12(14)7-11/h2-7,17H,1H3. The van der Waals surface area contributed by atoms with Gasteiger partial charge in [-0.25, -0.2) is 8.42 Å². The Morgan fingerprint density at radius 1 is 1.35 bits per heavy atom. The highest BCUT2D eigenvalue weighted by Gasteiger charge is 2.17. The van der Waals surface area contributed by atoms with Crippen molar-refractivity contribution in [2.45, 2.75) is 11.8 Å². The van der Waals surface area contributed by atoms with Gasteiger partial charge in [0, 0.05) is 6.20 Å². The van der Waals surface area contributed by atoms with Gasteiger partial charge in [0.05, 0.1) is 26.9 Å². The molecule has 0 amide bonds. The lowest BCUT2D eigenvalue weighted by molar-refractivity contribution is 0.601. The number of aromatic nitrogens is 1. The molecule has 0 radical (unpaired) electrons. The number of sulfonamides is 1. The monoisotopic (exact) mass is 307 g/mol. The predicted octanol–water partition coefficient (Wildman–Crippen LogP) is 2.72. The summed E-state index contributed by atoms with van der Waals surface area (Å²) in [7, 11) is -3.77. The SMILES string of the molecule is Cc1ncccc1NS(=O)(=O)c1ccc(C#N)c(Cl)c1. The summed E-state index contributed by atoms with van der Waals surface area (Å²) in [5, 5.41) is 8.87. The number of halogens is 1. The number of hydrogen-bond donors (Lipinski definition) is 1. The molecule has 0 aliphatic carbocycles. The van der Waals surface area contributed by atoms with Crippen LogP contribution in [0.4, 0.5) is 5.69 Å². The Balaban J connectivity index is 2.39. The van der Waals surface area contributed by atoms with Crippen molar-refractivity contribution in [1.82, 2.24) is 4.98 Å². The molecule has 20 heavy (non-hydrogen) atoms. The van der Waals surface area contributed by atoms with Gasteiger partial charge in [-0.15, -0.1) is 0 Å². The second kappa shape index (κ2) is 5.49. The molecule has 0 fully saturated rings. The van der Waals surface area contributed by atoms with E-state index in [9.17, 15) is 8.42 Å². The van der Waals surface area contributed by atoms with Crippen LogP contribution in [0.5, 0.6) is 0 Å². The van der Waals surface area contributed by atoms with E-state index in [1.165, 1.54) is 18.2 Å². The van der Waals surface area contributed by atoms with Crippen molar-refractivity contribution >= 4 is 27.3 Å². The Morgan fingerprint density at radius 3 is 2.70 bits per heavy atom. The molecular formula is C13H10ClN3O2S. The minimum Gasteiger partial charge on any atom is -0.278 e. The predicted molar refractivity (Wildman–Crippen MR) is 75.9 cm³/mol. The van der Waals surface area contributed by atoms with Crippen LogP contribution in [-0.2, 0) is 10.0 Å². The normalized spacial score (nSPS) is 10.8. The quantitative estimate of drug-likeness (QED) is 0.945. The van der Waals surface area contributed by atoms with Crippen LogP contribution in [0.3, 0.4) is 0 Å². The number of aryl methyl sites for hydroxylation is 1. The number of pyridine rings is 1. The number of anilines is 1. The maximum absolute atomic E-state index is 12.2. The summed E-state index contributed by atoms with van der Waals surface area (Å²) in [5.41, 5.74) is 1.19. The Bertz CT molecular complexity index is 798. The molecule has 0 atom stereocenters. The molecule has 2 aromatic rings. The van der Waals surface area contributed by atoms with Crippen LogP contribution in [-0.4, -0.2) is 13.4 Å². The van der Waals surface area contributed by atoms with Crippen molar-refractivity contribution in [3.63, 3.8) is 0 Å². The first-order chi connectivity index (χ1) is 9.44. The van der Waals surface area contributed by atoms with Crippen LogP contribution in [0.25, 0.3) is 0 Å². The molecular weight excluding hydrogens is 298 g/mol. The highest BCUT2D eigenvalue weighted by molar-refractivity contribution is 7.92. The fourth-order valence-electron chi connectivity index (χ4n) is 1.55.